The second-order valence-corrected chi connectivity index (χ2v) is 8.84. The lowest BCUT2D eigenvalue weighted by molar-refractivity contribution is -0.104. The summed E-state index contributed by atoms with van der Waals surface area (Å²) in [5.74, 6) is 3.09. The number of aliphatic hydroxyl groups excluding tert-OH is 1. The van der Waals surface area contributed by atoms with E-state index in [0.29, 0.717) is 11.3 Å². The molecule has 124 valence electrons. The quantitative estimate of drug-likeness (QED) is 0.563. The zero-order valence-electron chi connectivity index (χ0n) is 13.9. The van der Waals surface area contributed by atoms with E-state index in [1.807, 2.05) is 0 Å². The zero-order valence-corrected chi connectivity index (χ0v) is 13.9. The molecule has 4 aliphatic carbocycles. The Bertz CT molecular complexity index is 476. The molecule has 0 aliphatic heterocycles. The predicted octanol–water partition coefficient (Wildman–Crippen LogP) is 4.22. The van der Waals surface area contributed by atoms with Gasteiger partial charge in [-0.15, -0.1) is 0 Å². The van der Waals surface area contributed by atoms with E-state index < -0.39 is 0 Å². The van der Waals surface area contributed by atoms with Crippen molar-refractivity contribution in [3.63, 3.8) is 0 Å². The molecule has 0 aromatic heterocycles. The number of hydrogen-bond acceptors (Lipinski definition) is 3. The fourth-order valence-corrected chi connectivity index (χ4v) is 7.34. The third kappa shape index (κ3) is 1.81. The third-order valence-electron chi connectivity index (χ3n) is 8.46. The Morgan fingerprint density at radius 3 is 2.68 bits per heavy atom. The van der Waals surface area contributed by atoms with Gasteiger partial charge < -0.3 is 10.3 Å². The van der Waals surface area contributed by atoms with E-state index in [9.17, 15) is 10.3 Å². The minimum absolute atomic E-state index is 0.181. The lowest BCUT2D eigenvalue weighted by Crippen LogP contribution is -2.54. The highest BCUT2D eigenvalue weighted by molar-refractivity contribution is 5.92. The lowest BCUT2D eigenvalue weighted by atomic mass is 9.45. The average Bonchev–Trinajstić information content (AvgIpc) is 2.93. The molecular weight excluding hydrogens is 274 g/mol. The molecule has 1 unspecified atom stereocenters. The van der Waals surface area contributed by atoms with Crippen LogP contribution in [0.2, 0.25) is 0 Å². The summed E-state index contributed by atoms with van der Waals surface area (Å²) in [6.45, 7) is 2.76. The van der Waals surface area contributed by atoms with E-state index in [1.54, 1.807) is 0 Å². The Morgan fingerprint density at radius 1 is 1.05 bits per heavy atom. The summed E-state index contributed by atoms with van der Waals surface area (Å²) in [7, 11) is 0. The van der Waals surface area contributed by atoms with E-state index in [0.717, 1.165) is 42.7 Å². The molecule has 0 bridgehead atoms. The van der Waals surface area contributed by atoms with Gasteiger partial charge >= 0.3 is 0 Å². The van der Waals surface area contributed by atoms with Gasteiger partial charge in [-0.05, 0) is 80.5 Å². The van der Waals surface area contributed by atoms with Crippen LogP contribution in [0.25, 0.3) is 0 Å². The molecule has 0 spiro atoms. The van der Waals surface area contributed by atoms with Crippen LogP contribution in [0, 0.1) is 34.5 Å². The van der Waals surface area contributed by atoms with Gasteiger partial charge in [0.05, 0.1) is 12.3 Å². The van der Waals surface area contributed by atoms with E-state index in [1.165, 1.54) is 44.9 Å². The largest absolute Gasteiger partial charge is 0.411 e. The first-order valence-electron chi connectivity index (χ1n) is 9.48. The number of fused-ring (bicyclic) bond motifs is 5. The highest BCUT2D eigenvalue weighted by Crippen LogP contribution is 2.65. The summed E-state index contributed by atoms with van der Waals surface area (Å²) in [6, 6.07) is 0. The van der Waals surface area contributed by atoms with Crippen molar-refractivity contribution in [1.82, 2.24) is 0 Å². The Labute approximate surface area is 134 Å². The number of aliphatic hydroxyl groups is 1. The standard InChI is InChI=1S/C19H31NO2/c1-18-10-3-2-4-13(18)5-6-14-15(18)9-11-19(12-21)16(14)7-8-17(19)20-22/h13-16,21-22H,2-12H2,1H3/t13?,14-,15+,16+,18+,19-/m1/s1. The molecular formula is C19H31NO2. The van der Waals surface area contributed by atoms with E-state index in [4.69, 9.17) is 0 Å². The molecule has 0 aromatic rings. The number of rotatable bonds is 1. The molecule has 2 N–H and O–H groups in total. The van der Waals surface area contributed by atoms with E-state index in [2.05, 4.69) is 12.1 Å². The van der Waals surface area contributed by atoms with Crippen LogP contribution < -0.4 is 0 Å². The monoisotopic (exact) mass is 305 g/mol. The maximum atomic E-state index is 10.1. The third-order valence-corrected chi connectivity index (χ3v) is 8.46. The lowest BCUT2D eigenvalue weighted by Gasteiger charge is -2.60. The number of oxime groups is 1. The second kappa shape index (κ2) is 5.22. The summed E-state index contributed by atoms with van der Waals surface area (Å²) in [5.41, 5.74) is 1.25. The fraction of sp³-hybridized carbons (Fsp3) is 0.947. The van der Waals surface area contributed by atoms with Crippen LogP contribution in [-0.2, 0) is 0 Å². The maximum absolute atomic E-state index is 10.1. The smallest absolute Gasteiger partial charge is 0.0658 e. The number of nitrogens with zero attached hydrogens (tertiary/aromatic N) is 1. The van der Waals surface area contributed by atoms with Gasteiger partial charge in [0.25, 0.3) is 0 Å². The predicted molar refractivity (Wildman–Crippen MR) is 87.0 cm³/mol. The first kappa shape index (κ1) is 15.0. The molecule has 0 heterocycles. The van der Waals surface area contributed by atoms with Crippen LogP contribution in [0.3, 0.4) is 0 Å². The van der Waals surface area contributed by atoms with E-state index in [-0.39, 0.29) is 12.0 Å². The van der Waals surface area contributed by atoms with Gasteiger partial charge in [-0.1, -0.05) is 24.9 Å². The molecule has 0 aromatic carbocycles. The van der Waals surface area contributed by atoms with Crippen LogP contribution in [0.15, 0.2) is 5.16 Å². The van der Waals surface area contributed by atoms with E-state index >= 15 is 0 Å². The van der Waals surface area contributed by atoms with Crippen LogP contribution >= 0.6 is 0 Å². The van der Waals surface area contributed by atoms with Crippen LogP contribution in [0.4, 0.5) is 0 Å². The van der Waals surface area contributed by atoms with Crippen molar-refractivity contribution < 1.29 is 10.3 Å². The highest BCUT2D eigenvalue weighted by atomic mass is 16.4. The van der Waals surface area contributed by atoms with Crippen LogP contribution in [-0.4, -0.2) is 22.6 Å². The molecule has 0 saturated heterocycles. The minimum atomic E-state index is -0.187. The summed E-state index contributed by atoms with van der Waals surface area (Å²) >= 11 is 0. The van der Waals surface area contributed by atoms with Gasteiger partial charge in [-0.25, -0.2) is 0 Å². The Balaban J connectivity index is 1.67. The Kier molecular flexibility index (Phi) is 3.56. The highest BCUT2D eigenvalue weighted by Gasteiger charge is 2.60. The number of hydrogen-bond donors (Lipinski definition) is 2. The van der Waals surface area contributed by atoms with Crippen molar-refractivity contribution >= 4 is 5.71 Å². The average molecular weight is 305 g/mol. The maximum Gasteiger partial charge on any atom is 0.0658 e. The van der Waals surface area contributed by atoms with Crippen molar-refractivity contribution in [1.29, 1.82) is 0 Å². The van der Waals surface area contributed by atoms with Gasteiger partial charge in [0.15, 0.2) is 0 Å². The fourth-order valence-electron chi connectivity index (χ4n) is 7.34. The normalized spacial score (nSPS) is 52.9. The first-order chi connectivity index (χ1) is 10.7. The summed E-state index contributed by atoms with van der Waals surface area (Å²) in [4.78, 5) is 0. The van der Waals surface area contributed by atoms with Crippen molar-refractivity contribution in [2.45, 2.75) is 71.1 Å². The molecule has 3 heteroatoms. The van der Waals surface area contributed by atoms with Crippen LogP contribution in [0.5, 0.6) is 0 Å². The van der Waals surface area contributed by atoms with Gasteiger partial charge in [-0.2, -0.15) is 0 Å². The zero-order chi connectivity index (χ0) is 15.4. The van der Waals surface area contributed by atoms with Crippen LogP contribution in [0.1, 0.15) is 71.1 Å². The van der Waals surface area contributed by atoms with Crippen molar-refractivity contribution in [2.24, 2.45) is 39.7 Å². The van der Waals surface area contributed by atoms with Gasteiger partial charge in [-0.3, -0.25) is 0 Å². The molecule has 6 atom stereocenters. The SMILES string of the molecule is C[C@]12CCCCC1CC[C@H]1[C@@H]3CCC(=NO)[C@@]3(CO)CC[C@@H]12. The second-order valence-electron chi connectivity index (χ2n) is 8.84. The van der Waals surface area contributed by atoms with Crippen molar-refractivity contribution in [2.75, 3.05) is 6.61 Å². The van der Waals surface area contributed by atoms with Crippen molar-refractivity contribution in [3.05, 3.63) is 0 Å². The molecule has 4 saturated carbocycles. The topological polar surface area (TPSA) is 52.8 Å². The van der Waals surface area contributed by atoms with Gasteiger partial charge in [0, 0.05) is 5.41 Å². The molecule has 4 fully saturated rings. The van der Waals surface area contributed by atoms with Gasteiger partial charge in [0.2, 0.25) is 0 Å². The van der Waals surface area contributed by atoms with Crippen molar-refractivity contribution in [3.8, 4) is 0 Å². The minimum Gasteiger partial charge on any atom is -0.411 e. The molecule has 4 aliphatic rings. The molecule has 22 heavy (non-hydrogen) atoms. The Morgan fingerprint density at radius 2 is 1.91 bits per heavy atom. The molecule has 4 rings (SSSR count). The molecule has 3 nitrogen and oxygen atoms in total. The summed E-state index contributed by atoms with van der Waals surface area (Å²) in [5, 5.41) is 23.2. The van der Waals surface area contributed by atoms with Gasteiger partial charge in [0.1, 0.15) is 0 Å². The summed E-state index contributed by atoms with van der Waals surface area (Å²) in [6.07, 6.45) is 12.7. The molecule has 0 amide bonds. The Hall–Kier alpha value is -0.570. The molecule has 0 radical (unpaired) electrons. The summed E-state index contributed by atoms with van der Waals surface area (Å²) < 4.78 is 0. The first-order valence-corrected chi connectivity index (χ1v) is 9.48.